The van der Waals surface area contributed by atoms with Gasteiger partial charge in [-0.1, -0.05) is 19.1 Å². The van der Waals surface area contributed by atoms with Crippen molar-refractivity contribution in [3.05, 3.63) is 53.6 Å². The molecule has 2 rings (SSSR count). The molecule has 0 saturated carbocycles. The van der Waals surface area contributed by atoms with Crippen molar-refractivity contribution in [1.29, 1.82) is 0 Å². The maximum atomic E-state index is 12.2. The zero-order valence-electron chi connectivity index (χ0n) is 15.7. The molecule has 2 aromatic carbocycles. The van der Waals surface area contributed by atoms with Gasteiger partial charge in [0.15, 0.2) is 6.61 Å². The summed E-state index contributed by atoms with van der Waals surface area (Å²) in [6.07, 6.45) is 1.97. The molecule has 0 heterocycles. The first-order chi connectivity index (χ1) is 13.0. The molecule has 0 aliphatic carbocycles. The summed E-state index contributed by atoms with van der Waals surface area (Å²) >= 11 is 0. The van der Waals surface area contributed by atoms with Crippen LogP contribution in [0.3, 0.4) is 0 Å². The predicted molar refractivity (Wildman–Crippen MR) is 103 cm³/mol. The van der Waals surface area contributed by atoms with E-state index in [1.807, 2.05) is 31.2 Å². The highest BCUT2D eigenvalue weighted by Gasteiger charge is 2.08. The molecule has 0 aromatic heterocycles. The van der Waals surface area contributed by atoms with Crippen molar-refractivity contribution in [2.24, 2.45) is 0 Å². The maximum absolute atomic E-state index is 12.2. The first-order valence-electron chi connectivity index (χ1n) is 8.94. The minimum absolute atomic E-state index is 0.0800. The normalized spacial score (nSPS) is 10.3. The van der Waals surface area contributed by atoms with Crippen LogP contribution in [0.2, 0.25) is 0 Å². The molecule has 0 aliphatic rings. The molecule has 0 spiro atoms. The summed E-state index contributed by atoms with van der Waals surface area (Å²) < 4.78 is 10.7. The van der Waals surface area contributed by atoms with Crippen LogP contribution in [0.1, 0.15) is 30.9 Å². The summed E-state index contributed by atoms with van der Waals surface area (Å²) in [5.41, 5.74) is 2.57. The first kappa shape index (κ1) is 20.3. The van der Waals surface area contributed by atoms with Gasteiger partial charge in [0.2, 0.25) is 5.91 Å². The Bertz CT molecular complexity index is 771. The number of carbonyl (C=O) groups excluding carboxylic acids is 1. The third-order valence-electron chi connectivity index (χ3n) is 3.87. The van der Waals surface area contributed by atoms with E-state index >= 15 is 0 Å². The fourth-order valence-corrected chi connectivity index (χ4v) is 2.45. The van der Waals surface area contributed by atoms with Crippen molar-refractivity contribution in [1.82, 2.24) is 0 Å². The maximum Gasteiger partial charge on any atom is 0.341 e. The van der Waals surface area contributed by atoms with Crippen molar-refractivity contribution >= 4 is 17.6 Å². The Balaban J connectivity index is 1.83. The van der Waals surface area contributed by atoms with Crippen molar-refractivity contribution in [2.75, 3.05) is 18.5 Å². The number of carboxylic acid groups (broad SMARTS) is 1. The molecule has 0 unspecified atom stereocenters. The number of anilines is 1. The van der Waals surface area contributed by atoms with Crippen LogP contribution in [0, 0.1) is 6.92 Å². The average Bonchev–Trinajstić information content (AvgIpc) is 2.65. The molecule has 0 atom stereocenters. The van der Waals surface area contributed by atoms with Gasteiger partial charge in [0.25, 0.3) is 0 Å². The van der Waals surface area contributed by atoms with Crippen LogP contribution in [0.5, 0.6) is 11.5 Å². The van der Waals surface area contributed by atoms with Gasteiger partial charge in [-0.2, -0.15) is 0 Å². The Morgan fingerprint density at radius 1 is 1.04 bits per heavy atom. The van der Waals surface area contributed by atoms with Crippen molar-refractivity contribution in [3.8, 4) is 11.5 Å². The smallest absolute Gasteiger partial charge is 0.341 e. The Kier molecular flexibility index (Phi) is 7.67. The highest BCUT2D eigenvalue weighted by atomic mass is 16.5. The van der Waals surface area contributed by atoms with E-state index in [1.165, 1.54) is 0 Å². The number of ether oxygens (including phenoxy) is 2. The van der Waals surface area contributed by atoms with Crippen LogP contribution in [-0.4, -0.2) is 30.2 Å². The SMILES string of the molecule is CCCOc1ccc(CCC(=O)Nc2ccc(OCC(=O)O)cc2C)cc1. The molecule has 0 bridgehead atoms. The first-order valence-corrected chi connectivity index (χ1v) is 8.94. The van der Waals surface area contributed by atoms with Gasteiger partial charge in [0.05, 0.1) is 6.61 Å². The van der Waals surface area contributed by atoms with E-state index in [-0.39, 0.29) is 5.91 Å². The average molecular weight is 371 g/mol. The molecule has 0 saturated heterocycles. The number of rotatable bonds is 10. The second-order valence-electron chi connectivity index (χ2n) is 6.20. The lowest BCUT2D eigenvalue weighted by molar-refractivity contribution is -0.139. The number of hydrogen-bond donors (Lipinski definition) is 2. The van der Waals surface area contributed by atoms with E-state index in [0.29, 0.717) is 30.9 Å². The number of aryl methyl sites for hydroxylation is 2. The molecule has 6 nitrogen and oxygen atoms in total. The van der Waals surface area contributed by atoms with Gasteiger partial charge in [0.1, 0.15) is 11.5 Å². The molecular formula is C21H25NO5. The summed E-state index contributed by atoms with van der Waals surface area (Å²) in [6, 6.07) is 12.8. The lowest BCUT2D eigenvalue weighted by Crippen LogP contribution is -2.13. The summed E-state index contributed by atoms with van der Waals surface area (Å²) in [7, 11) is 0. The largest absolute Gasteiger partial charge is 0.494 e. The van der Waals surface area contributed by atoms with Crippen LogP contribution < -0.4 is 14.8 Å². The second-order valence-corrected chi connectivity index (χ2v) is 6.20. The topological polar surface area (TPSA) is 84.9 Å². The van der Waals surface area contributed by atoms with E-state index in [4.69, 9.17) is 14.6 Å². The molecule has 144 valence electrons. The minimum atomic E-state index is -1.03. The van der Waals surface area contributed by atoms with E-state index in [2.05, 4.69) is 12.2 Å². The van der Waals surface area contributed by atoms with Crippen molar-refractivity contribution in [3.63, 3.8) is 0 Å². The number of benzene rings is 2. The van der Waals surface area contributed by atoms with E-state index in [0.717, 1.165) is 23.3 Å². The third-order valence-corrected chi connectivity index (χ3v) is 3.87. The number of hydrogen-bond acceptors (Lipinski definition) is 4. The number of carboxylic acids is 1. The van der Waals surface area contributed by atoms with E-state index in [1.54, 1.807) is 18.2 Å². The monoisotopic (exact) mass is 371 g/mol. The van der Waals surface area contributed by atoms with Gasteiger partial charge < -0.3 is 19.9 Å². The molecule has 2 aromatic rings. The van der Waals surface area contributed by atoms with Crippen LogP contribution in [-0.2, 0) is 16.0 Å². The second kappa shape index (κ2) is 10.2. The van der Waals surface area contributed by atoms with Crippen LogP contribution in [0.25, 0.3) is 0 Å². The molecule has 2 N–H and O–H groups in total. The van der Waals surface area contributed by atoms with E-state index < -0.39 is 12.6 Å². The molecular weight excluding hydrogens is 346 g/mol. The summed E-state index contributed by atoms with van der Waals surface area (Å²) in [6.45, 7) is 4.19. The molecule has 0 aliphatic heterocycles. The van der Waals surface area contributed by atoms with Crippen molar-refractivity contribution < 1.29 is 24.2 Å². The summed E-state index contributed by atoms with van der Waals surface area (Å²) in [5, 5.41) is 11.5. The zero-order valence-corrected chi connectivity index (χ0v) is 15.7. The molecule has 27 heavy (non-hydrogen) atoms. The zero-order chi connectivity index (χ0) is 19.6. The third kappa shape index (κ3) is 7.01. The van der Waals surface area contributed by atoms with E-state index in [9.17, 15) is 9.59 Å². The predicted octanol–water partition coefficient (Wildman–Crippen LogP) is 3.82. The lowest BCUT2D eigenvalue weighted by Gasteiger charge is -2.11. The Labute approximate surface area is 159 Å². The van der Waals surface area contributed by atoms with Gasteiger partial charge in [-0.3, -0.25) is 4.79 Å². The quantitative estimate of drug-likeness (QED) is 0.663. The standard InChI is InChI=1S/C21H25NO5/c1-3-12-26-17-7-4-16(5-8-17)6-11-20(23)22-19-10-9-18(13-15(19)2)27-14-21(24)25/h4-5,7-10,13H,3,6,11-12,14H2,1-2H3,(H,22,23)(H,24,25). The molecule has 6 heteroatoms. The summed E-state index contributed by atoms with van der Waals surface area (Å²) in [5.74, 6) is 0.183. The molecule has 0 fully saturated rings. The Morgan fingerprint density at radius 2 is 1.74 bits per heavy atom. The lowest BCUT2D eigenvalue weighted by atomic mass is 10.1. The van der Waals surface area contributed by atoms with Crippen LogP contribution >= 0.6 is 0 Å². The van der Waals surface area contributed by atoms with Gasteiger partial charge in [-0.05, 0) is 61.2 Å². The van der Waals surface area contributed by atoms with Gasteiger partial charge in [0, 0.05) is 12.1 Å². The number of carbonyl (C=O) groups is 2. The van der Waals surface area contributed by atoms with Gasteiger partial charge in [-0.15, -0.1) is 0 Å². The minimum Gasteiger partial charge on any atom is -0.494 e. The Hall–Kier alpha value is -3.02. The van der Waals surface area contributed by atoms with Crippen LogP contribution in [0.15, 0.2) is 42.5 Å². The molecule has 0 radical (unpaired) electrons. The summed E-state index contributed by atoms with van der Waals surface area (Å²) in [4.78, 5) is 22.7. The van der Waals surface area contributed by atoms with Crippen LogP contribution in [0.4, 0.5) is 5.69 Å². The highest BCUT2D eigenvalue weighted by Crippen LogP contribution is 2.22. The molecule has 1 amide bonds. The van der Waals surface area contributed by atoms with Gasteiger partial charge in [-0.25, -0.2) is 4.79 Å². The fourth-order valence-electron chi connectivity index (χ4n) is 2.45. The highest BCUT2D eigenvalue weighted by molar-refractivity contribution is 5.91. The number of amides is 1. The Morgan fingerprint density at radius 3 is 2.37 bits per heavy atom. The fraction of sp³-hybridized carbons (Fsp3) is 0.333. The van der Waals surface area contributed by atoms with Crippen molar-refractivity contribution in [2.45, 2.75) is 33.1 Å². The van der Waals surface area contributed by atoms with Gasteiger partial charge >= 0.3 is 5.97 Å². The number of nitrogens with one attached hydrogen (secondary N) is 1. The number of aliphatic carboxylic acids is 1.